The molecule has 0 saturated heterocycles. The molecular weight excluding hydrogens is 288 g/mol. The molecule has 1 aromatic rings. The van der Waals surface area contributed by atoms with Crippen LogP contribution in [0.2, 0.25) is 5.02 Å². The average Bonchev–Trinajstić information content (AvgIpc) is 2.36. The molecule has 0 radical (unpaired) electrons. The normalized spacial score (nSPS) is 11.4. The Morgan fingerprint density at radius 1 is 1.15 bits per heavy atom. The van der Waals surface area contributed by atoms with Crippen LogP contribution in [0.4, 0.5) is 4.79 Å². The maximum absolute atomic E-state index is 11.5. The summed E-state index contributed by atoms with van der Waals surface area (Å²) in [5.41, 5.74) is 0.773. The van der Waals surface area contributed by atoms with Crippen molar-refractivity contribution in [3.05, 3.63) is 34.9 Å². The molecule has 0 spiro atoms. The highest BCUT2D eigenvalue weighted by Gasteiger charge is 2.22. The van der Waals surface area contributed by atoms with E-state index in [4.69, 9.17) is 21.8 Å². The Hall–Kier alpha value is -2.28. The number of hydrogen-bond acceptors (Lipinski definition) is 3. The molecule has 108 valence electrons. The Kier molecular flexibility index (Phi) is 5.79. The van der Waals surface area contributed by atoms with Gasteiger partial charge in [-0.25, -0.2) is 9.59 Å². The zero-order valence-electron chi connectivity index (χ0n) is 10.3. The predicted molar refractivity (Wildman–Crippen MR) is 70.5 cm³/mol. The van der Waals surface area contributed by atoms with Crippen LogP contribution < -0.4 is 10.6 Å². The van der Waals surface area contributed by atoms with E-state index in [0.29, 0.717) is 5.02 Å². The summed E-state index contributed by atoms with van der Waals surface area (Å²) in [5, 5.41) is 22.4. The molecule has 0 aliphatic heterocycles. The lowest BCUT2D eigenvalue weighted by atomic mass is 10.2. The number of urea groups is 1. The van der Waals surface area contributed by atoms with Crippen molar-refractivity contribution in [3.63, 3.8) is 0 Å². The molecule has 0 aliphatic rings. The Labute approximate surface area is 119 Å². The minimum Gasteiger partial charge on any atom is -0.481 e. The Morgan fingerprint density at radius 3 is 2.25 bits per heavy atom. The molecule has 0 fully saturated rings. The van der Waals surface area contributed by atoms with Crippen LogP contribution in [0.5, 0.6) is 0 Å². The van der Waals surface area contributed by atoms with Crippen LogP contribution in [0.3, 0.4) is 0 Å². The van der Waals surface area contributed by atoms with Gasteiger partial charge in [-0.15, -0.1) is 0 Å². The van der Waals surface area contributed by atoms with E-state index in [0.717, 1.165) is 5.56 Å². The van der Waals surface area contributed by atoms with E-state index in [1.807, 2.05) is 0 Å². The van der Waals surface area contributed by atoms with Crippen LogP contribution in [0, 0.1) is 0 Å². The molecule has 2 amide bonds. The summed E-state index contributed by atoms with van der Waals surface area (Å²) < 4.78 is 0. The molecule has 1 aromatic carbocycles. The third-order valence-corrected chi connectivity index (χ3v) is 2.60. The molecule has 20 heavy (non-hydrogen) atoms. The number of rotatable bonds is 6. The summed E-state index contributed by atoms with van der Waals surface area (Å²) in [4.78, 5) is 32.7. The number of carboxylic acid groups (broad SMARTS) is 2. The quantitative estimate of drug-likeness (QED) is 0.627. The van der Waals surface area contributed by atoms with Gasteiger partial charge in [0.2, 0.25) is 0 Å². The fourth-order valence-electron chi connectivity index (χ4n) is 1.37. The standard InChI is InChI=1S/C12H13ClN2O5/c13-8-3-1-7(2-4-8)6-14-12(20)15-9(11(18)19)5-10(16)17/h1-4,9H,5-6H2,(H,16,17)(H,18,19)(H2,14,15,20)/t9-/m1/s1. The molecule has 0 aliphatic carbocycles. The number of carbonyl (C=O) groups excluding carboxylic acids is 1. The lowest BCUT2D eigenvalue weighted by Crippen LogP contribution is -2.46. The van der Waals surface area contributed by atoms with Gasteiger partial charge in [0.1, 0.15) is 6.04 Å². The van der Waals surface area contributed by atoms with Crippen molar-refractivity contribution in [1.82, 2.24) is 10.6 Å². The molecule has 0 aromatic heterocycles. The monoisotopic (exact) mass is 300 g/mol. The zero-order chi connectivity index (χ0) is 15.1. The zero-order valence-corrected chi connectivity index (χ0v) is 11.1. The minimum absolute atomic E-state index is 0.169. The van der Waals surface area contributed by atoms with E-state index in [2.05, 4.69) is 10.6 Å². The first-order valence-electron chi connectivity index (χ1n) is 5.62. The predicted octanol–water partition coefficient (Wildman–Crippen LogP) is 1.07. The summed E-state index contributed by atoms with van der Waals surface area (Å²) in [6.45, 7) is 0.169. The van der Waals surface area contributed by atoms with Gasteiger partial charge < -0.3 is 20.8 Å². The van der Waals surface area contributed by atoms with E-state index in [9.17, 15) is 14.4 Å². The maximum Gasteiger partial charge on any atom is 0.326 e. The molecule has 0 unspecified atom stereocenters. The number of carboxylic acids is 2. The Balaban J connectivity index is 2.47. The van der Waals surface area contributed by atoms with Crippen molar-refractivity contribution in [1.29, 1.82) is 0 Å². The molecule has 1 atom stereocenters. The Morgan fingerprint density at radius 2 is 1.75 bits per heavy atom. The lowest BCUT2D eigenvalue weighted by molar-refractivity contribution is -0.145. The molecule has 1 rings (SSSR count). The number of nitrogens with one attached hydrogen (secondary N) is 2. The Bertz CT molecular complexity index is 503. The summed E-state index contributed by atoms with van der Waals surface area (Å²) in [5.74, 6) is -2.72. The van der Waals surface area contributed by atoms with Gasteiger partial charge in [0.05, 0.1) is 6.42 Å². The highest BCUT2D eigenvalue weighted by molar-refractivity contribution is 6.30. The molecule has 7 nitrogen and oxygen atoms in total. The number of aliphatic carboxylic acids is 2. The van der Waals surface area contributed by atoms with Crippen LogP contribution in [0.1, 0.15) is 12.0 Å². The second-order valence-electron chi connectivity index (χ2n) is 3.94. The fraction of sp³-hybridized carbons (Fsp3) is 0.250. The summed E-state index contributed by atoms with van der Waals surface area (Å²) in [7, 11) is 0. The largest absolute Gasteiger partial charge is 0.481 e. The van der Waals surface area contributed by atoms with Gasteiger partial charge in [-0.05, 0) is 17.7 Å². The van der Waals surface area contributed by atoms with Gasteiger partial charge in [-0.1, -0.05) is 23.7 Å². The molecule has 8 heteroatoms. The molecule has 0 bridgehead atoms. The van der Waals surface area contributed by atoms with Gasteiger partial charge in [-0.2, -0.15) is 0 Å². The first-order valence-corrected chi connectivity index (χ1v) is 5.99. The number of halogens is 1. The number of hydrogen-bond donors (Lipinski definition) is 4. The average molecular weight is 301 g/mol. The maximum atomic E-state index is 11.5. The topological polar surface area (TPSA) is 116 Å². The van der Waals surface area contributed by atoms with Crippen LogP contribution in [0.15, 0.2) is 24.3 Å². The number of amides is 2. The SMILES string of the molecule is O=C(O)C[C@@H](NC(=O)NCc1ccc(Cl)cc1)C(=O)O. The number of benzene rings is 1. The van der Waals surface area contributed by atoms with Crippen molar-refractivity contribution in [3.8, 4) is 0 Å². The van der Waals surface area contributed by atoms with E-state index >= 15 is 0 Å². The second kappa shape index (κ2) is 7.34. The third-order valence-electron chi connectivity index (χ3n) is 2.35. The lowest BCUT2D eigenvalue weighted by Gasteiger charge is -2.13. The van der Waals surface area contributed by atoms with Crippen molar-refractivity contribution in [2.75, 3.05) is 0 Å². The van der Waals surface area contributed by atoms with Gasteiger partial charge in [0, 0.05) is 11.6 Å². The van der Waals surface area contributed by atoms with E-state index in [1.54, 1.807) is 24.3 Å². The van der Waals surface area contributed by atoms with E-state index in [-0.39, 0.29) is 6.54 Å². The molecule has 0 heterocycles. The van der Waals surface area contributed by atoms with Crippen molar-refractivity contribution < 1.29 is 24.6 Å². The molecule has 0 saturated carbocycles. The minimum atomic E-state index is -1.47. The fourth-order valence-corrected chi connectivity index (χ4v) is 1.49. The van der Waals surface area contributed by atoms with E-state index in [1.165, 1.54) is 0 Å². The highest BCUT2D eigenvalue weighted by Crippen LogP contribution is 2.09. The first-order chi connectivity index (χ1) is 9.38. The van der Waals surface area contributed by atoms with Gasteiger partial charge in [0.25, 0.3) is 0 Å². The van der Waals surface area contributed by atoms with Crippen molar-refractivity contribution in [2.24, 2.45) is 0 Å². The van der Waals surface area contributed by atoms with Gasteiger partial charge in [0.15, 0.2) is 0 Å². The molecule has 4 N–H and O–H groups in total. The number of carbonyl (C=O) groups is 3. The van der Waals surface area contributed by atoms with Crippen LogP contribution in [0.25, 0.3) is 0 Å². The van der Waals surface area contributed by atoms with Crippen LogP contribution >= 0.6 is 11.6 Å². The smallest absolute Gasteiger partial charge is 0.326 e. The summed E-state index contributed by atoms with van der Waals surface area (Å²) >= 11 is 5.71. The summed E-state index contributed by atoms with van der Waals surface area (Å²) in [6.07, 6.45) is -0.691. The first kappa shape index (κ1) is 15.8. The van der Waals surface area contributed by atoms with Crippen LogP contribution in [-0.2, 0) is 16.1 Å². The van der Waals surface area contributed by atoms with Crippen molar-refractivity contribution >= 4 is 29.6 Å². The molecular formula is C12H13ClN2O5. The van der Waals surface area contributed by atoms with Gasteiger partial charge in [-0.3, -0.25) is 4.79 Å². The van der Waals surface area contributed by atoms with Crippen LogP contribution in [-0.4, -0.2) is 34.2 Å². The highest BCUT2D eigenvalue weighted by atomic mass is 35.5. The van der Waals surface area contributed by atoms with E-state index < -0.39 is 30.4 Å². The third kappa shape index (κ3) is 5.57. The van der Waals surface area contributed by atoms with Gasteiger partial charge >= 0.3 is 18.0 Å². The van der Waals surface area contributed by atoms with Crippen molar-refractivity contribution in [2.45, 2.75) is 19.0 Å². The second-order valence-corrected chi connectivity index (χ2v) is 4.38. The summed E-state index contributed by atoms with van der Waals surface area (Å²) in [6, 6.07) is 4.48.